The molecule has 0 bridgehead atoms. The smallest absolute Gasteiger partial charge is 0.408 e. The Morgan fingerprint density at radius 1 is 1.05 bits per heavy atom. The molecule has 8 nitrogen and oxygen atoms in total. The third kappa shape index (κ3) is 10.3. The lowest BCUT2D eigenvalue weighted by Crippen LogP contribution is -2.59. The van der Waals surface area contributed by atoms with E-state index in [0.717, 1.165) is 19.3 Å². The number of aromatic hydroxyl groups is 1. The van der Waals surface area contributed by atoms with Gasteiger partial charge in [0.05, 0.1) is 0 Å². The van der Waals surface area contributed by atoms with Crippen LogP contribution in [0.3, 0.4) is 0 Å². The number of amides is 3. The fourth-order valence-corrected chi connectivity index (χ4v) is 4.14. The van der Waals surface area contributed by atoms with Gasteiger partial charge in [0.15, 0.2) is 0 Å². The topological polar surface area (TPSA) is 108 Å². The monoisotopic (exact) mass is 519 g/mol. The molecule has 0 aliphatic heterocycles. The molecule has 210 valence electrons. The van der Waals surface area contributed by atoms with Crippen LogP contribution in [0.1, 0.15) is 105 Å². The first-order chi connectivity index (χ1) is 17.0. The van der Waals surface area contributed by atoms with Crippen LogP contribution < -0.4 is 10.6 Å². The van der Waals surface area contributed by atoms with E-state index in [1.165, 1.54) is 4.90 Å². The van der Waals surface area contributed by atoms with Crippen molar-refractivity contribution in [2.45, 2.75) is 118 Å². The molecule has 0 spiro atoms. The summed E-state index contributed by atoms with van der Waals surface area (Å²) in [6, 6.07) is 3.17. The van der Waals surface area contributed by atoms with Gasteiger partial charge in [0.2, 0.25) is 11.8 Å². The summed E-state index contributed by atoms with van der Waals surface area (Å²) in [6.07, 6.45) is 2.46. The third-order valence-corrected chi connectivity index (χ3v) is 5.81. The molecular weight excluding hydrogens is 470 g/mol. The van der Waals surface area contributed by atoms with E-state index < -0.39 is 35.2 Å². The van der Waals surface area contributed by atoms with Crippen molar-refractivity contribution < 1.29 is 24.2 Å². The van der Waals surface area contributed by atoms with Gasteiger partial charge in [-0.25, -0.2) is 4.79 Å². The van der Waals surface area contributed by atoms with Gasteiger partial charge in [0.25, 0.3) is 0 Å². The molecular formula is C29H49N3O5. The molecule has 0 heterocycles. The van der Waals surface area contributed by atoms with Crippen LogP contribution in [0.5, 0.6) is 5.75 Å². The summed E-state index contributed by atoms with van der Waals surface area (Å²) < 4.78 is 5.43. The fraction of sp³-hybridized carbons (Fsp3) is 0.690. The number of alkyl carbamates (subject to hydrolysis) is 1. The fourth-order valence-electron chi connectivity index (χ4n) is 4.14. The van der Waals surface area contributed by atoms with Gasteiger partial charge >= 0.3 is 6.09 Å². The highest BCUT2D eigenvalue weighted by Crippen LogP contribution is 2.36. The number of rotatable bonds is 11. The number of carbonyl (C=O) groups excluding carboxylic acids is 3. The first-order valence-electron chi connectivity index (χ1n) is 13.4. The second kappa shape index (κ2) is 13.7. The van der Waals surface area contributed by atoms with E-state index in [1.54, 1.807) is 45.9 Å². The molecule has 3 amide bonds. The average Bonchev–Trinajstić information content (AvgIpc) is 2.73. The standard InChI is InChI=1S/C29H49N3O5/c1-11-12-13-17-30-25(34)23(21-16-14-15-20(4)24(21)33)32(28(5,6)7)26(35)22(18-19(2)3)31-27(36)37-29(8,9)10/h14-16,19,22-23,33H,11-13,17-18H2,1-10H3,(H,30,34)(H,31,36). The van der Waals surface area contributed by atoms with Crippen LogP contribution in [0, 0.1) is 12.8 Å². The van der Waals surface area contributed by atoms with Crippen molar-refractivity contribution in [3.63, 3.8) is 0 Å². The number of unbranched alkanes of at least 4 members (excludes halogenated alkanes) is 2. The van der Waals surface area contributed by atoms with E-state index in [1.807, 2.05) is 34.6 Å². The number of nitrogens with one attached hydrogen (secondary N) is 2. The Bertz CT molecular complexity index is 915. The van der Waals surface area contributed by atoms with E-state index >= 15 is 0 Å². The molecule has 3 N–H and O–H groups in total. The predicted octanol–water partition coefficient (Wildman–Crippen LogP) is 5.61. The van der Waals surface area contributed by atoms with Crippen LogP contribution in [0.25, 0.3) is 0 Å². The molecule has 0 fully saturated rings. The third-order valence-electron chi connectivity index (χ3n) is 5.81. The molecule has 8 heteroatoms. The van der Waals surface area contributed by atoms with Crippen LogP contribution >= 0.6 is 0 Å². The summed E-state index contributed by atoms with van der Waals surface area (Å²) >= 11 is 0. The zero-order valence-electron chi connectivity index (χ0n) is 24.5. The van der Waals surface area contributed by atoms with E-state index in [-0.39, 0.29) is 17.6 Å². The van der Waals surface area contributed by atoms with Gasteiger partial charge < -0.3 is 25.4 Å². The number of para-hydroxylation sites is 1. The Morgan fingerprint density at radius 2 is 1.68 bits per heavy atom. The number of hydrogen-bond donors (Lipinski definition) is 3. The minimum absolute atomic E-state index is 0.0289. The minimum atomic E-state index is -1.09. The second-order valence-corrected chi connectivity index (χ2v) is 12.1. The van der Waals surface area contributed by atoms with Crippen LogP contribution in [0.2, 0.25) is 0 Å². The lowest BCUT2D eigenvalue weighted by atomic mass is 9.92. The van der Waals surface area contributed by atoms with Crippen LogP contribution in [0.15, 0.2) is 18.2 Å². The van der Waals surface area contributed by atoms with Crippen LogP contribution in [0.4, 0.5) is 4.79 Å². The van der Waals surface area contributed by atoms with Crippen molar-refractivity contribution in [3.8, 4) is 5.75 Å². The summed E-state index contributed by atoms with van der Waals surface area (Å²) in [7, 11) is 0. The Labute approximate surface area is 223 Å². The molecule has 1 aromatic carbocycles. The number of phenolic OH excluding ortho intramolecular Hbond substituents is 1. The van der Waals surface area contributed by atoms with Crippen molar-refractivity contribution in [2.75, 3.05) is 6.54 Å². The molecule has 0 aromatic heterocycles. The predicted molar refractivity (Wildman–Crippen MR) is 147 cm³/mol. The SMILES string of the molecule is CCCCCNC(=O)C(c1cccc(C)c1O)N(C(=O)C(CC(C)C)NC(=O)OC(C)(C)C)C(C)(C)C. The number of ether oxygens (including phenoxy) is 1. The molecule has 37 heavy (non-hydrogen) atoms. The summed E-state index contributed by atoms with van der Waals surface area (Å²) in [5.74, 6) is -0.735. The molecule has 2 unspecified atom stereocenters. The zero-order valence-corrected chi connectivity index (χ0v) is 24.5. The first kappa shape index (κ1) is 32.3. The minimum Gasteiger partial charge on any atom is -0.507 e. The molecule has 0 saturated heterocycles. The summed E-state index contributed by atoms with van der Waals surface area (Å²) in [5.41, 5.74) is -0.596. The normalized spacial score (nSPS) is 13.6. The van der Waals surface area contributed by atoms with Gasteiger partial charge in [-0.15, -0.1) is 0 Å². The molecule has 0 radical (unpaired) electrons. The molecule has 0 saturated carbocycles. The van der Waals surface area contributed by atoms with E-state index in [4.69, 9.17) is 4.74 Å². The van der Waals surface area contributed by atoms with Crippen molar-refractivity contribution in [3.05, 3.63) is 29.3 Å². The highest BCUT2D eigenvalue weighted by Gasteiger charge is 2.43. The summed E-state index contributed by atoms with van der Waals surface area (Å²) in [5, 5.41) is 16.7. The number of carbonyl (C=O) groups is 3. The van der Waals surface area contributed by atoms with Gasteiger partial charge in [-0.3, -0.25) is 9.59 Å². The number of nitrogens with zero attached hydrogens (tertiary/aromatic N) is 1. The Morgan fingerprint density at radius 3 is 2.19 bits per heavy atom. The van der Waals surface area contributed by atoms with Crippen molar-refractivity contribution in [2.24, 2.45) is 5.92 Å². The number of benzene rings is 1. The van der Waals surface area contributed by atoms with Crippen molar-refractivity contribution in [1.82, 2.24) is 15.5 Å². The van der Waals surface area contributed by atoms with E-state index in [9.17, 15) is 19.5 Å². The highest BCUT2D eigenvalue weighted by molar-refractivity contribution is 5.93. The maximum atomic E-state index is 14.2. The molecule has 1 aromatic rings. The van der Waals surface area contributed by atoms with Crippen LogP contribution in [-0.4, -0.2) is 51.6 Å². The quantitative estimate of drug-likeness (QED) is 0.329. The van der Waals surface area contributed by atoms with Crippen LogP contribution in [-0.2, 0) is 14.3 Å². The Kier molecular flexibility index (Phi) is 11.9. The van der Waals surface area contributed by atoms with Gasteiger partial charge in [-0.2, -0.15) is 0 Å². The largest absolute Gasteiger partial charge is 0.507 e. The van der Waals surface area contributed by atoms with Gasteiger partial charge in [0, 0.05) is 17.6 Å². The number of hydrogen-bond acceptors (Lipinski definition) is 5. The second-order valence-electron chi connectivity index (χ2n) is 12.1. The number of phenols is 1. The lowest BCUT2D eigenvalue weighted by Gasteiger charge is -2.43. The Hall–Kier alpha value is -2.77. The highest BCUT2D eigenvalue weighted by atomic mass is 16.6. The van der Waals surface area contributed by atoms with E-state index in [0.29, 0.717) is 24.1 Å². The van der Waals surface area contributed by atoms with Gasteiger partial charge in [0.1, 0.15) is 23.4 Å². The van der Waals surface area contributed by atoms with Gasteiger partial charge in [-0.1, -0.05) is 51.8 Å². The summed E-state index contributed by atoms with van der Waals surface area (Å²) in [4.78, 5) is 42.1. The average molecular weight is 520 g/mol. The van der Waals surface area contributed by atoms with Crippen molar-refractivity contribution in [1.29, 1.82) is 0 Å². The van der Waals surface area contributed by atoms with E-state index in [2.05, 4.69) is 17.6 Å². The molecule has 0 aliphatic rings. The lowest BCUT2D eigenvalue weighted by molar-refractivity contribution is -0.148. The van der Waals surface area contributed by atoms with Crippen molar-refractivity contribution >= 4 is 17.9 Å². The first-order valence-corrected chi connectivity index (χ1v) is 13.4. The molecule has 2 atom stereocenters. The zero-order chi connectivity index (χ0) is 28.6. The summed E-state index contributed by atoms with van der Waals surface area (Å²) in [6.45, 7) is 19.0. The van der Waals surface area contributed by atoms with Gasteiger partial charge in [-0.05, 0) is 72.8 Å². The molecule has 1 rings (SSSR count). The number of aryl methyl sites for hydroxylation is 1. The maximum absolute atomic E-state index is 14.2. The molecule has 0 aliphatic carbocycles. The maximum Gasteiger partial charge on any atom is 0.408 e. The Balaban J connectivity index is 3.58.